The van der Waals surface area contributed by atoms with Crippen LogP contribution in [0.2, 0.25) is 0 Å². The van der Waals surface area contributed by atoms with Crippen molar-refractivity contribution in [2.24, 2.45) is 0 Å². The van der Waals surface area contributed by atoms with Crippen LogP contribution in [0, 0.1) is 0 Å². The van der Waals surface area contributed by atoms with Gasteiger partial charge in [-0.15, -0.1) is 0 Å². The van der Waals surface area contributed by atoms with E-state index in [4.69, 9.17) is 4.74 Å². The Morgan fingerprint density at radius 1 is 0.808 bits per heavy atom. The van der Waals surface area contributed by atoms with Gasteiger partial charge in [0.1, 0.15) is 12.4 Å². The van der Waals surface area contributed by atoms with Gasteiger partial charge in [0.25, 0.3) is 0 Å². The lowest BCUT2D eigenvalue weighted by atomic mass is 10.1. The number of rotatable bonds is 4. The number of hydrogen-bond donors (Lipinski definition) is 0. The molecule has 1 aliphatic carbocycles. The van der Waals surface area contributed by atoms with Crippen LogP contribution in [0.5, 0.6) is 5.75 Å². The SMILES string of the molecule is O=C1C(=Cc2ccc(OCc3ccccn3)cc2)C(=O)c2ccccc21. The number of benzene rings is 2. The molecule has 4 heteroatoms. The fourth-order valence-electron chi connectivity index (χ4n) is 2.87. The van der Waals surface area contributed by atoms with Crippen molar-refractivity contribution >= 4 is 17.6 Å². The van der Waals surface area contributed by atoms with Crippen LogP contribution in [-0.2, 0) is 6.61 Å². The second kappa shape index (κ2) is 6.76. The smallest absolute Gasteiger partial charge is 0.197 e. The highest BCUT2D eigenvalue weighted by molar-refractivity contribution is 6.41. The van der Waals surface area contributed by atoms with Gasteiger partial charge in [-0.3, -0.25) is 14.6 Å². The molecule has 0 saturated heterocycles. The maximum atomic E-state index is 12.4. The molecular formula is C22H15NO3. The number of aromatic nitrogens is 1. The third-order valence-corrected chi connectivity index (χ3v) is 4.21. The molecular weight excluding hydrogens is 326 g/mol. The van der Waals surface area contributed by atoms with E-state index in [9.17, 15) is 9.59 Å². The number of allylic oxidation sites excluding steroid dienone is 1. The first-order valence-corrected chi connectivity index (χ1v) is 8.25. The second-order valence-corrected chi connectivity index (χ2v) is 5.94. The maximum Gasteiger partial charge on any atom is 0.197 e. The molecule has 1 aromatic heterocycles. The molecule has 1 aliphatic rings. The van der Waals surface area contributed by atoms with Gasteiger partial charge in [-0.25, -0.2) is 0 Å². The summed E-state index contributed by atoms with van der Waals surface area (Å²) in [6.07, 6.45) is 3.36. The molecule has 0 spiro atoms. The van der Waals surface area contributed by atoms with E-state index in [1.807, 2.05) is 42.5 Å². The Morgan fingerprint density at radius 3 is 2.08 bits per heavy atom. The van der Waals surface area contributed by atoms with Gasteiger partial charge >= 0.3 is 0 Å². The van der Waals surface area contributed by atoms with E-state index in [0.717, 1.165) is 11.3 Å². The minimum Gasteiger partial charge on any atom is -0.487 e. The number of carbonyl (C=O) groups is 2. The van der Waals surface area contributed by atoms with Gasteiger partial charge in [0.2, 0.25) is 0 Å². The molecule has 1 heterocycles. The van der Waals surface area contributed by atoms with Gasteiger partial charge in [-0.1, -0.05) is 42.5 Å². The fraction of sp³-hybridized carbons (Fsp3) is 0.0455. The lowest BCUT2D eigenvalue weighted by Gasteiger charge is -2.06. The number of ether oxygens (including phenoxy) is 1. The molecule has 0 bridgehead atoms. The van der Waals surface area contributed by atoms with Crippen LogP contribution in [0.15, 0.2) is 78.5 Å². The van der Waals surface area contributed by atoms with Crippen molar-refractivity contribution in [1.29, 1.82) is 0 Å². The fourth-order valence-corrected chi connectivity index (χ4v) is 2.87. The minimum atomic E-state index is -0.221. The van der Waals surface area contributed by atoms with Crippen LogP contribution < -0.4 is 4.74 Å². The van der Waals surface area contributed by atoms with E-state index in [1.54, 1.807) is 36.5 Å². The molecule has 26 heavy (non-hydrogen) atoms. The maximum absolute atomic E-state index is 12.4. The number of Topliss-reactive ketones (excluding diaryl/α,β-unsaturated/α-hetero) is 2. The first-order chi connectivity index (χ1) is 12.7. The Bertz CT molecular complexity index is 968. The summed E-state index contributed by atoms with van der Waals surface area (Å²) < 4.78 is 5.69. The first kappa shape index (κ1) is 16.0. The Balaban J connectivity index is 1.50. The Labute approximate surface area is 150 Å². The third-order valence-electron chi connectivity index (χ3n) is 4.21. The number of fused-ring (bicyclic) bond motifs is 1. The Kier molecular flexibility index (Phi) is 4.15. The van der Waals surface area contributed by atoms with Crippen molar-refractivity contribution in [2.45, 2.75) is 6.61 Å². The van der Waals surface area contributed by atoms with Gasteiger partial charge in [0, 0.05) is 17.3 Å². The molecule has 0 N–H and O–H groups in total. The van der Waals surface area contributed by atoms with Crippen LogP contribution >= 0.6 is 0 Å². The van der Waals surface area contributed by atoms with Crippen molar-refractivity contribution in [2.75, 3.05) is 0 Å². The molecule has 2 aromatic carbocycles. The molecule has 126 valence electrons. The molecule has 0 atom stereocenters. The quantitative estimate of drug-likeness (QED) is 0.529. The molecule has 3 aromatic rings. The second-order valence-electron chi connectivity index (χ2n) is 5.94. The summed E-state index contributed by atoms with van der Waals surface area (Å²) in [5, 5.41) is 0. The lowest BCUT2D eigenvalue weighted by molar-refractivity contribution is 0.0990. The van der Waals surface area contributed by atoms with E-state index in [1.165, 1.54) is 0 Å². The average molecular weight is 341 g/mol. The van der Waals surface area contributed by atoms with E-state index >= 15 is 0 Å². The molecule has 4 nitrogen and oxygen atoms in total. The molecule has 0 radical (unpaired) electrons. The summed E-state index contributed by atoms with van der Waals surface area (Å²) in [7, 11) is 0. The molecule has 0 saturated carbocycles. The summed E-state index contributed by atoms with van der Waals surface area (Å²) in [6.45, 7) is 0.382. The van der Waals surface area contributed by atoms with E-state index in [2.05, 4.69) is 4.98 Å². The average Bonchev–Trinajstić information content (AvgIpc) is 2.93. The zero-order valence-electron chi connectivity index (χ0n) is 13.9. The van der Waals surface area contributed by atoms with E-state index < -0.39 is 0 Å². The number of ketones is 2. The van der Waals surface area contributed by atoms with Gasteiger partial charge in [0.05, 0.1) is 11.3 Å². The number of pyridine rings is 1. The van der Waals surface area contributed by atoms with Crippen molar-refractivity contribution in [1.82, 2.24) is 4.98 Å². The molecule has 0 aliphatic heterocycles. The number of carbonyl (C=O) groups excluding carboxylic acids is 2. The lowest BCUT2D eigenvalue weighted by Crippen LogP contribution is -2.00. The highest BCUT2D eigenvalue weighted by Gasteiger charge is 2.32. The van der Waals surface area contributed by atoms with Gasteiger partial charge in [-0.2, -0.15) is 0 Å². The zero-order chi connectivity index (χ0) is 17.9. The van der Waals surface area contributed by atoms with E-state index in [-0.39, 0.29) is 17.1 Å². The Morgan fingerprint density at radius 2 is 1.46 bits per heavy atom. The molecule has 4 rings (SSSR count). The van der Waals surface area contributed by atoms with Gasteiger partial charge < -0.3 is 4.74 Å². The summed E-state index contributed by atoms with van der Waals surface area (Å²) in [5.74, 6) is 0.257. The van der Waals surface area contributed by atoms with Gasteiger partial charge in [0.15, 0.2) is 11.6 Å². The predicted molar refractivity (Wildman–Crippen MR) is 98.1 cm³/mol. The summed E-state index contributed by atoms with van der Waals surface area (Å²) >= 11 is 0. The van der Waals surface area contributed by atoms with E-state index in [0.29, 0.717) is 23.5 Å². The van der Waals surface area contributed by atoms with Crippen molar-refractivity contribution < 1.29 is 14.3 Å². The van der Waals surface area contributed by atoms with Crippen LogP contribution in [-0.4, -0.2) is 16.6 Å². The topological polar surface area (TPSA) is 56.3 Å². The van der Waals surface area contributed by atoms with Crippen molar-refractivity contribution in [3.63, 3.8) is 0 Å². The Hall–Kier alpha value is -3.53. The summed E-state index contributed by atoms with van der Waals surface area (Å²) in [4.78, 5) is 29.0. The molecule has 0 unspecified atom stereocenters. The standard InChI is InChI=1S/C22H15NO3/c24-21-18-6-1-2-7-19(18)22(25)20(21)13-15-8-10-17(11-9-15)26-14-16-5-3-4-12-23-16/h1-13H,14H2. The normalized spacial score (nSPS) is 12.8. The monoisotopic (exact) mass is 341 g/mol. The minimum absolute atomic E-state index is 0.202. The predicted octanol–water partition coefficient (Wildman–Crippen LogP) is 4.12. The van der Waals surface area contributed by atoms with Crippen molar-refractivity contribution in [3.05, 3.63) is 101 Å². The highest BCUT2D eigenvalue weighted by atomic mass is 16.5. The largest absolute Gasteiger partial charge is 0.487 e. The van der Waals surface area contributed by atoms with Crippen LogP contribution in [0.4, 0.5) is 0 Å². The van der Waals surface area contributed by atoms with Crippen molar-refractivity contribution in [3.8, 4) is 5.75 Å². The van der Waals surface area contributed by atoms with Crippen LogP contribution in [0.1, 0.15) is 32.0 Å². The molecule has 0 amide bonds. The number of nitrogens with zero attached hydrogens (tertiary/aromatic N) is 1. The van der Waals surface area contributed by atoms with Gasteiger partial charge in [-0.05, 0) is 35.9 Å². The third kappa shape index (κ3) is 3.05. The molecule has 0 fully saturated rings. The van der Waals surface area contributed by atoms with Crippen LogP contribution in [0.3, 0.4) is 0 Å². The summed E-state index contributed by atoms with van der Waals surface area (Å²) in [5.41, 5.74) is 2.77. The summed E-state index contributed by atoms with van der Waals surface area (Å²) in [6, 6.07) is 19.8. The highest BCUT2D eigenvalue weighted by Crippen LogP contribution is 2.28. The zero-order valence-corrected chi connectivity index (χ0v) is 13.9. The van der Waals surface area contributed by atoms with Crippen LogP contribution in [0.25, 0.3) is 6.08 Å². The first-order valence-electron chi connectivity index (χ1n) is 8.25. The number of hydrogen-bond acceptors (Lipinski definition) is 4.